The van der Waals surface area contributed by atoms with Crippen molar-refractivity contribution in [1.82, 2.24) is 4.98 Å². The molecule has 0 aliphatic carbocycles. The van der Waals surface area contributed by atoms with Gasteiger partial charge in [0.15, 0.2) is 5.13 Å². The van der Waals surface area contributed by atoms with Gasteiger partial charge >= 0.3 is 0 Å². The molecule has 0 aliphatic heterocycles. The molecule has 2 N–H and O–H groups in total. The number of aromatic nitrogens is 1. The molecule has 0 saturated heterocycles. The van der Waals surface area contributed by atoms with Gasteiger partial charge in [-0.1, -0.05) is 0 Å². The third-order valence-corrected chi connectivity index (χ3v) is 5.23. The summed E-state index contributed by atoms with van der Waals surface area (Å²) in [6, 6.07) is 3.68. The van der Waals surface area contributed by atoms with Crippen LogP contribution in [0.25, 0.3) is 0 Å². The minimum atomic E-state index is -3.61. The van der Waals surface area contributed by atoms with Crippen LogP contribution in [0.4, 0.5) is 10.8 Å². The molecule has 0 bridgehead atoms. The van der Waals surface area contributed by atoms with Crippen LogP contribution in [0.5, 0.6) is 0 Å². The monoisotopic (exact) mass is 311 g/mol. The highest BCUT2D eigenvalue weighted by atomic mass is 32.2. The van der Waals surface area contributed by atoms with Crippen molar-refractivity contribution in [3.05, 3.63) is 34.8 Å². The van der Waals surface area contributed by atoms with Crippen LogP contribution < -0.4 is 10.0 Å². The van der Waals surface area contributed by atoms with Gasteiger partial charge in [-0.3, -0.25) is 4.72 Å². The van der Waals surface area contributed by atoms with E-state index in [9.17, 15) is 8.42 Å². The lowest BCUT2D eigenvalue weighted by Gasteiger charge is -2.14. The lowest BCUT2D eigenvalue weighted by atomic mass is 10.1. The van der Waals surface area contributed by atoms with E-state index in [1.54, 1.807) is 25.4 Å². The maximum absolute atomic E-state index is 12.4. The second kappa shape index (κ2) is 5.80. The van der Waals surface area contributed by atoms with E-state index in [2.05, 4.69) is 15.0 Å². The van der Waals surface area contributed by atoms with Gasteiger partial charge in [-0.25, -0.2) is 13.4 Å². The zero-order chi connectivity index (χ0) is 14.8. The number of nitrogens with zero attached hydrogens (tertiary/aromatic N) is 1. The molecule has 1 aromatic heterocycles. The van der Waals surface area contributed by atoms with Gasteiger partial charge in [-0.15, -0.1) is 11.3 Å². The topological polar surface area (TPSA) is 71.1 Å². The molecular formula is C13H17N3O2S2. The minimum Gasteiger partial charge on any atom is -0.385 e. The summed E-state index contributed by atoms with van der Waals surface area (Å²) in [6.45, 7) is 6.39. The van der Waals surface area contributed by atoms with Crippen LogP contribution in [0.2, 0.25) is 0 Å². The van der Waals surface area contributed by atoms with Gasteiger partial charge in [0.2, 0.25) is 0 Å². The van der Waals surface area contributed by atoms with Gasteiger partial charge in [0, 0.05) is 23.8 Å². The van der Waals surface area contributed by atoms with Gasteiger partial charge in [0.05, 0.1) is 4.90 Å². The molecule has 108 valence electrons. The molecule has 20 heavy (non-hydrogen) atoms. The Balaban J connectivity index is 2.41. The summed E-state index contributed by atoms with van der Waals surface area (Å²) in [5.74, 6) is 0. The SMILES string of the molecule is CCNc1cc(C)c(S(=O)(=O)Nc2nccs2)c(C)c1. The summed E-state index contributed by atoms with van der Waals surface area (Å²) in [6.07, 6.45) is 1.57. The highest BCUT2D eigenvalue weighted by Crippen LogP contribution is 2.26. The maximum Gasteiger partial charge on any atom is 0.264 e. The van der Waals surface area contributed by atoms with Crippen LogP contribution in [-0.4, -0.2) is 19.9 Å². The molecule has 2 aromatic rings. The summed E-state index contributed by atoms with van der Waals surface area (Å²) in [5.41, 5.74) is 2.35. The second-order valence-corrected chi connectivity index (χ2v) is 6.93. The van der Waals surface area contributed by atoms with Gasteiger partial charge in [-0.05, 0) is 44.0 Å². The third-order valence-electron chi connectivity index (χ3n) is 2.76. The number of nitrogens with one attached hydrogen (secondary N) is 2. The molecular weight excluding hydrogens is 294 g/mol. The Labute approximate surface area is 123 Å². The number of aryl methyl sites for hydroxylation is 2. The van der Waals surface area contributed by atoms with Gasteiger partial charge in [0.1, 0.15) is 0 Å². The Kier molecular flexibility index (Phi) is 4.29. The molecule has 0 spiro atoms. The van der Waals surface area contributed by atoms with E-state index in [0.717, 1.165) is 12.2 Å². The number of rotatable bonds is 5. The normalized spacial score (nSPS) is 11.3. The lowest BCUT2D eigenvalue weighted by Crippen LogP contribution is -2.16. The van der Waals surface area contributed by atoms with E-state index in [1.165, 1.54) is 11.3 Å². The van der Waals surface area contributed by atoms with Crippen LogP contribution in [-0.2, 0) is 10.0 Å². The standard InChI is InChI=1S/C13H17N3O2S2/c1-4-14-11-7-9(2)12(10(3)8-11)20(17,18)16-13-15-5-6-19-13/h5-8,14H,4H2,1-3H3,(H,15,16). The molecule has 0 fully saturated rings. The van der Waals surface area contributed by atoms with Crippen molar-refractivity contribution in [1.29, 1.82) is 0 Å². The van der Waals surface area contributed by atoms with E-state index in [1.807, 2.05) is 19.1 Å². The van der Waals surface area contributed by atoms with Crippen molar-refractivity contribution in [2.24, 2.45) is 0 Å². The summed E-state index contributed by atoms with van der Waals surface area (Å²) >= 11 is 1.25. The number of sulfonamides is 1. The summed E-state index contributed by atoms with van der Waals surface area (Å²) in [5, 5.41) is 5.29. The third kappa shape index (κ3) is 3.10. The van der Waals surface area contributed by atoms with Crippen molar-refractivity contribution in [2.45, 2.75) is 25.7 Å². The van der Waals surface area contributed by atoms with Crippen LogP contribution in [0.3, 0.4) is 0 Å². The Morgan fingerprint density at radius 1 is 1.25 bits per heavy atom. The average Bonchev–Trinajstić information content (AvgIpc) is 2.79. The maximum atomic E-state index is 12.4. The zero-order valence-corrected chi connectivity index (χ0v) is 13.2. The second-order valence-electron chi connectivity index (χ2n) is 4.41. The first-order valence-corrected chi connectivity index (χ1v) is 8.57. The molecule has 0 unspecified atom stereocenters. The molecule has 0 radical (unpaired) electrons. The molecule has 2 rings (SSSR count). The highest BCUT2D eigenvalue weighted by molar-refractivity contribution is 7.93. The van der Waals surface area contributed by atoms with E-state index in [0.29, 0.717) is 21.2 Å². The molecule has 1 aromatic carbocycles. The fourth-order valence-electron chi connectivity index (χ4n) is 2.12. The van der Waals surface area contributed by atoms with Gasteiger partial charge < -0.3 is 5.32 Å². The predicted octanol–water partition coefficient (Wildman–Crippen LogP) is 2.99. The predicted molar refractivity (Wildman–Crippen MR) is 83.0 cm³/mol. The Bertz CT molecular complexity index is 671. The van der Waals surface area contributed by atoms with Crippen molar-refractivity contribution in [3.8, 4) is 0 Å². The molecule has 1 heterocycles. The number of thiazole rings is 1. The van der Waals surface area contributed by atoms with E-state index < -0.39 is 10.0 Å². The summed E-state index contributed by atoms with van der Waals surface area (Å²) in [7, 11) is -3.61. The minimum absolute atomic E-state index is 0.314. The first kappa shape index (κ1) is 14.8. The fourth-order valence-corrected chi connectivity index (χ4v) is 4.36. The number of hydrogen-bond acceptors (Lipinski definition) is 5. The fraction of sp³-hybridized carbons (Fsp3) is 0.308. The first-order valence-electron chi connectivity index (χ1n) is 6.21. The van der Waals surface area contributed by atoms with Crippen molar-refractivity contribution < 1.29 is 8.42 Å². The quantitative estimate of drug-likeness (QED) is 0.890. The highest BCUT2D eigenvalue weighted by Gasteiger charge is 2.21. The molecule has 5 nitrogen and oxygen atoms in total. The largest absolute Gasteiger partial charge is 0.385 e. The number of benzene rings is 1. The number of anilines is 2. The molecule has 0 atom stereocenters. The van der Waals surface area contributed by atoms with Crippen LogP contribution in [0, 0.1) is 13.8 Å². The molecule has 0 amide bonds. The number of hydrogen-bond donors (Lipinski definition) is 2. The zero-order valence-electron chi connectivity index (χ0n) is 11.6. The Morgan fingerprint density at radius 2 is 1.90 bits per heavy atom. The average molecular weight is 311 g/mol. The molecule has 7 heteroatoms. The van der Waals surface area contributed by atoms with Crippen molar-refractivity contribution >= 4 is 32.2 Å². The van der Waals surface area contributed by atoms with E-state index >= 15 is 0 Å². The van der Waals surface area contributed by atoms with Crippen LogP contribution >= 0.6 is 11.3 Å². The first-order chi connectivity index (χ1) is 9.44. The van der Waals surface area contributed by atoms with Crippen LogP contribution in [0.1, 0.15) is 18.1 Å². The van der Waals surface area contributed by atoms with Crippen LogP contribution in [0.15, 0.2) is 28.6 Å². The van der Waals surface area contributed by atoms with Crippen molar-refractivity contribution in [3.63, 3.8) is 0 Å². The van der Waals surface area contributed by atoms with Gasteiger partial charge in [-0.2, -0.15) is 0 Å². The van der Waals surface area contributed by atoms with E-state index in [-0.39, 0.29) is 0 Å². The molecule has 0 aliphatic rings. The van der Waals surface area contributed by atoms with E-state index in [4.69, 9.17) is 0 Å². The summed E-state index contributed by atoms with van der Waals surface area (Å²) < 4.78 is 27.4. The Hall–Kier alpha value is -1.60. The van der Waals surface area contributed by atoms with Gasteiger partial charge in [0.25, 0.3) is 10.0 Å². The summed E-state index contributed by atoms with van der Waals surface area (Å²) in [4.78, 5) is 4.26. The Morgan fingerprint density at radius 3 is 2.40 bits per heavy atom. The van der Waals surface area contributed by atoms with Crippen molar-refractivity contribution in [2.75, 3.05) is 16.6 Å². The lowest BCUT2D eigenvalue weighted by molar-refractivity contribution is 0.600. The smallest absolute Gasteiger partial charge is 0.264 e. The molecule has 0 saturated carbocycles.